The second-order valence-corrected chi connectivity index (χ2v) is 9.21. The van der Waals surface area contributed by atoms with E-state index in [9.17, 15) is 4.21 Å². The van der Waals surface area contributed by atoms with Gasteiger partial charge in [0.15, 0.2) is 17.5 Å². The fraction of sp³-hybridized carbons (Fsp3) is 0.591. The zero-order valence-electron chi connectivity index (χ0n) is 18.5. The summed E-state index contributed by atoms with van der Waals surface area (Å²) in [6.07, 6.45) is 6.74. The highest BCUT2D eigenvalue weighted by molar-refractivity contribution is 14.0. The topological polar surface area (TPSA) is 72.0 Å². The molecule has 30 heavy (non-hydrogen) atoms. The van der Waals surface area contributed by atoms with Crippen LogP contribution in [-0.4, -0.2) is 48.5 Å². The van der Waals surface area contributed by atoms with E-state index in [0.717, 1.165) is 54.3 Å². The van der Waals surface area contributed by atoms with Crippen molar-refractivity contribution in [2.75, 3.05) is 27.0 Å². The van der Waals surface area contributed by atoms with Gasteiger partial charge in [0, 0.05) is 47.0 Å². The molecule has 0 radical (unpaired) electrons. The molecule has 1 aliphatic rings. The maximum Gasteiger partial charge on any atom is 0.191 e. The first-order chi connectivity index (χ1) is 14.1. The van der Waals surface area contributed by atoms with Crippen LogP contribution in [-0.2, 0) is 23.8 Å². The maximum absolute atomic E-state index is 12.2. The van der Waals surface area contributed by atoms with Crippen molar-refractivity contribution in [3.63, 3.8) is 0 Å². The number of nitrogens with one attached hydrogen (secondary N) is 2. The van der Waals surface area contributed by atoms with Gasteiger partial charge in [-0.3, -0.25) is 9.20 Å². The molecule has 8 heteroatoms. The van der Waals surface area contributed by atoms with Crippen molar-refractivity contribution in [1.82, 2.24) is 10.6 Å². The molecule has 1 fully saturated rings. The number of nitrogens with zero attached hydrogens (tertiary/aromatic N) is 1. The first-order valence-corrected chi connectivity index (χ1v) is 11.6. The molecule has 0 aliphatic heterocycles. The lowest BCUT2D eigenvalue weighted by molar-refractivity contribution is 0.352. The van der Waals surface area contributed by atoms with E-state index < -0.39 is 10.8 Å². The zero-order chi connectivity index (χ0) is 21.2. The summed E-state index contributed by atoms with van der Waals surface area (Å²) in [5.41, 5.74) is 2.12. The molecule has 0 amide bonds. The molecule has 2 N–H and O–H groups in total. The summed E-state index contributed by atoms with van der Waals surface area (Å²) < 4.78 is 23.2. The van der Waals surface area contributed by atoms with Gasteiger partial charge in [-0.25, -0.2) is 0 Å². The highest BCUT2D eigenvalue weighted by Crippen LogP contribution is 2.33. The Balaban J connectivity index is 0.00000450. The molecule has 6 nitrogen and oxygen atoms in total. The highest BCUT2D eigenvalue weighted by Gasteiger charge is 2.26. The van der Waals surface area contributed by atoms with Crippen molar-refractivity contribution >= 4 is 40.7 Å². The summed E-state index contributed by atoms with van der Waals surface area (Å²) in [6.45, 7) is 6.44. The molecule has 2 rings (SSSR count). The first-order valence-electron chi connectivity index (χ1n) is 10.2. The number of rotatable bonds is 9. The van der Waals surface area contributed by atoms with Gasteiger partial charge in [0.1, 0.15) is 0 Å². The minimum absolute atomic E-state index is 0. The SMILES string of the molecule is C=CCc1cc(CNC(=NC)NC2CCCC(S(=O)CC)C2)cc(OC)c1OC.I. The summed E-state index contributed by atoms with van der Waals surface area (Å²) >= 11 is 0. The molecule has 1 aliphatic carbocycles. The van der Waals surface area contributed by atoms with E-state index in [2.05, 4.69) is 28.3 Å². The quantitative estimate of drug-likeness (QED) is 0.212. The van der Waals surface area contributed by atoms with Crippen LogP contribution in [0, 0.1) is 0 Å². The molecule has 0 spiro atoms. The lowest BCUT2D eigenvalue weighted by atomic mass is 9.95. The molecule has 3 atom stereocenters. The number of hydrogen-bond acceptors (Lipinski definition) is 4. The van der Waals surface area contributed by atoms with Gasteiger partial charge in [0.05, 0.1) is 14.2 Å². The smallest absolute Gasteiger partial charge is 0.191 e. The molecule has 1 aromatic rings. The Morgan fingerprint density at radius 1 is 1.33 bits per heavy atom. The lowest BCUT2D eigenvalue weighted by Crippen LogP contribution is -2.46. The van der Waals surface area contributed by atoms with Gasteiger partial charge in [-0.2, -0.15) is 0 Å². The molecule has 170 valence electrons. The van der Waals surface area contributed by atoms with Crippen LogP contribution in [0.5, 0.6) is 11.5 Å². The van der Waals surface area contributed by atoms with Crippen LogP contribution in [0.25, 0.3) is 0 Å². The summed E-state index contributed by atoms with van der Waals surface area (Å²) in [7, 11) is 4.34. The van der Waals surface area contributed by atoms with E-state index in [1.807, 2.05) is 19.1 Å². The lowest BCUT2D eigenvalue weighted by Gasteiger charge is -2.30. The van der Waals surface area contributed by atoms with Gasteiger partial charge in [0.2, 0.25) is 0 Å². The summed E-state index contributed by atoms with van der Waals surface area (Å²) in [6, 6.07) is 4.38. The average molecular weight is 550 g/mol. The van der Waals surface area contributed by atoms with Crippen molar-refractivity contribution in [2.45, 2.75) is 56.9 Å². The minimum atomic E-state index is -0.730. The van der Waals surface area contributed by atoms with Gasteiger partial charge in [-0.1, -0.05) is 19.4 Å². The van der Waals surface area contributed by atoms with Crippen LogP contribution >= 0.6 is 24.0 Å². The number of allylic oxidation sites excluding steroid dienone is 1. The van der Waals surface area contributed by atoms with Gasteiger partial charge in [0.25, 0.3) is 0 Å². The van der Waals surface area contributed by atoms with E-state index in [1.54, 1.807) is 21.3 Å². The normalized spacial score (nSPS) is 19.9. The number of guanidine groups is 1. The molecule has 0 bridgehead atoms. The Bertz CT molecular complexity index is 743. The number of hydrogen-bond donors (Lipinski definition) is 2. The zero-order valence-corrected chi connectivity index (χ0v) is 21.7. The van der Waals surface area contributed by atoms with E-state index >= 15 is 0 Å². The van der Waals surface area contributed by atoms with Crippen molar-refractivity contribution < 1.29 is 13.7 Å². The van der Waals surface area contributed by atoms with Crippen molar-refractivity contribution in [2.24, 2.45) is 4.99 Å². The number of methoxy groups -OCH3 is 2. The summed E-state index contributed by atoms with van der Waals surface area (Å²) in [5, 5.41) is 7.19. The van der Waals surface area contributed by atoms with E-state index in [4.69, 9.17) is 9.47 Å². The molecule has 1 aromatic carbocycles. The first kappa shape index (κ1) is 26.7. The molecule has 3 unspecified atom stereocenters. The van der Waals surface area contributed by atoms with Crippen molar-refractivity contribution in [3.05, 3.63) is 35.9 Å². The van der Waals surface area contributed by atoms with Gasteiger partial charge >= 0.3 is 0 Å². The Labute approximate surface area is 200 Å². The number of ether oxygens (including phenoxy) is 2. The molecular weight excluding hydrogens is 513 g/mol. The van der Waals surface area contributed by atoms with Gasteiger partial charge < -0.3 is 20.1 Å². The van der Waals surface area contributed by atoms with Crippen molar-refractivity contribution in [1.29, 1.82) is 0 Å². The standard InChI is InChI=1S/C22H35N3O3S.HI/c1-6-9-17-12-16(13-20(27-4)21(17)28-5)15-24-22(23-3)25-18-10-8-11-19(14-18)29(26)7-2;/h6,12-13,18-19H,1,7-11,14-15H2,2-5H3,(H2,23,24,25);1H. The highest BCUT2D eigenvalue weighted by atomic mass is 127. The van der Waals surface area contributed by atoms with Crippen molar-refractivity contribution in [3.8, 4) is 11.5 Å². The molecule has 0 saturated heterocycles. The summed E-state index contributed by atoms with van der Waals surface area (Å²) in [4.78, 5) is 4.37. The Kier molecular flexibility index (Phi) is 12.4. The molecule has 0 heterocycles. The van der Waals surface area contributed by atoms with Gasteiger partial charge in [-0.15, -0.1) is 30.6 Å². The minimum Gasteiger partial charge on any atom is -0.493 e. The Morgan fingerprint density at radius 2 is 2.10 bits per heavy atom. The average Bonchev–Trinajstić information content (AvgIpc) is 2.75. The van der Waals surface area contributed by atoms with Crippen LogP contribution < -0.4 is 20.1 Å². The van der Waals surface area contributed by atoms with Gasteiger partial charge in [-0.05, 0) is 43.4 Å². The molecule has 0 aromatic heterocycles. The second-order valence-electron chi connectivity index (χ2n) is 7.21. The third-order valence-electron chi connectivity index (χ3n) is 5.29. The number of benzene rings is 1. The van der Waals surface area contributed by atoms with Crippen LogP contribution in [0.15, 0.2) is 29.8 Å². The Hall–Kier alpha value is -1.29. The third kappa shape index (κ3) is 7.44. The Morgan fingerprint density at radius 3 is 2.70 bits per heavy atom. The number of aliphatic imine (C=N–C) groups is 1. The maximum atomic E-state index is 12.2. The fourth-order valence-corrected chi connectivity index (χ4v) is 5.19. The van der Waals surface area contributed by atoms with E-state index in [1.165, 1.54) is 0 Å². The molecular formula is C22H36IN3O3S. The van der Waals surface area contributed by atoms with Crippen LogP contribution in [0.2, 0.25) is 0 Å². The summed E-state index contributed by atoms with van der Waals surface area (Å²) in [5.74, 6) is 2.95. The predicted octanol–water partition coefficient (Wildman–Crippen LogP) is 3.80. The monoisotopic (exact) mass is 549 g/mol. The number of halogens is 1. The predicted molar refractivity (Wildman–Crippen MR) is 137 cm³/mol. The second kappa shape index (κ2) is 13.9. The van der Waals surface area contributed by atoms with E-state index in [-0.39, 0.29) is 29.2 Å². The van der Waals surface area contributed by atoms with Crippen LogP contribution in [0.3, 0.4) is 0 Å². The fourth-order valence-electron chi connectivity index (χ4n) is 3.84. The largest absolute Gasteiger partial charge is 0.493 e. The van der Waals surface area contributed by atoms with Crippen LogP contribution in [0.1, 0.15) is 43.7 Å². The van der Waals surface area contributed by atoms with E-state index in [0.29, 0.717) is 24.8 Å². The molecule has 1 saturated carbocycles. The third-order valence-corrected chi connectivity index (χ3v) is 7.03. The van der Waals surface area contributed by atoms with Crippen LogP contribution in [0.4, 0.5) is 0 Å².